The molecule has 5 rings (SSSR count). The number of aryl methyl sites for hydroxylation is 1. The van der Waals surface area contributed by atoms with Gasteiger partial charge in [-0.3, -0.25) is 33.9 Å². The number of phenols is 2. The van der Waals surface area contributed by atoms with Crippen molar-refractivity contribution in [3.05, 3.63) is 57.6 Å². The number of guanidine groups is 1. The summed E-state index contributed by atoms with van der Waals surface area (Å²) in [4.78, 5) is 34.2. The van der Waals surface area contributed by atoms with Crippen molar-refractivity contribution in [1.82, 2.24) is 9.80 Å². The van der Waals surface area contributed by atoms with E-state index < -0.39 is 18.4 Å². The molecule has 0 saturated heterocycles. The molecule has 0 spiro atoms. The van der Waals surface area contributed by atoms with Gasteiger partial charge < -0.3 is 20.4 Å². The summed E-state index contributed by atoms with van der Waals surface area (Å²) < 4.78 is 2.58. The van der Waals surface area contributed by atoms with Crippen LogP contribution in [0.1, 0.15) is 161 Å². The number of hydrogen-bond donors (Lipinski definition) is 4. The summed E-state index contributed by atoms with van der Waals surface area (Å²) >= 11 is 0. The topological polar surface area (TPSA) is 149 Å². The minimum atomic E-state index is -1.31. The second kappa shape index (κ2) is 22.3. The minimum absolute atomic E-state index is 0. The van der Waals surface area contributed by atoms with Crippen molar-refractivity contribution in [2.75, 3.05) is 39.3 Å². The Bertz CT molecular complexity index is 1840. The van der Waals surface area contributed by atoms with Crippen LogP contribution in [0.25, 0.3) is 0 Å². The molecule has 2 heterocycles. The minimum Gasteiger partial charge on any atom is -0.507 e. The van der Waals surface area contributed by atoms with Crippen LogP contribution in [0.5, 0.6) is 11.5 Å². The standard InChI is InChI=1S/C44H67N5O2.C3H4O4.CH4.Cr/c1-11-47-21-15-22-49-24-16-23-48(41(47)49)20-14-17-31-25-34(42(2,3)4)26-32(39(31)50)29-45-37-18-12-13-19-38(37)46-30-33-27-35(43(5,6)7)28-36(40(33)51)44(8,9)10;4-2(5)1-3(6)7;;/h25-30,37-38H,11-24H2,1-10H3,(H-,45,46,50,51);1H2,(H,4,5)(H,6,7);1H4;/p+1. The zero-order valence-corrected chi connectivity index (χ0v) is 38.8. The Hall–Kier alpha value is -3.88. The SMILES string of the molecule is C.CCN1CCC[N+]2=C1N(CCCc1cc(C(C)(C)C)cc(C=NC3CCCCC3N=Cc3cc(C(C)(C)C)cc(C(C)(C)C)c3O)c1O)CCC2.O=C(O)CC(=O)O.[Cr]. The van der Waals surface area contributed by atoms with Gasteiger partial charge in [-0.15, -0.1) is 0 Å². The van der Waals surface area contributed by atoms with E-state index in [1.807, 2.05) is 12.4 Å². The summed E-state index contributed by atoms with van der Waals surface area (Å²) in [6.45, 7) is 28.7. The van der Waals surface area contributed by atoms with E-state index in [1.165, 1.54) is 29.9 Å². The fourth-order valence-electron chi connectivity index (χ4n) is 8.11. The van der Waals surface area contributed by atoms with Crippen molar-refractivity contribution >= 4 is 30.3 Å². The summed E-state index contributed by atoms with van der Waals surface area (Å²) in [6, 6.07) is 8.67. The maximum atomic E-state index is 11.7. The van der Waals surface area contributed by atoms with Gasteiger partial charge in [0.2, 0.25) is 0 Å². The largest absolute Gasteiger partial charge is 0.507 e. The molecular weight excluding hydrogens is 795 g/mol. The number of rotatable bonds is 11. The van der Waals surface area contributed by atoms with Gasteiger partial charge >= 0.3 is 17.9 Å². The number of nitrogens with zero attached hydrogens (tertiary/aromatic N) is 5. The number of hydrogen-bond acceptors (Lipinski definition) is 8. The Labute approximate surface area is 371 Å². The molecule has 1 fully saturated rings. The fraction of sp³-hybridized carbons (Fsp3) is 0.646. The Balaban J connectivity index is 0.00000127. The van der Waals surface area contributed by atoms with Crippen molar-refractivity contribution < 1.29 is 52.0 Å². The second-order valence-corrected chi connectivity index (χ2v) is 19.4. The van der Waals surface area contributed by atoms with Gasteiger partial charge in [0.05, 0.1) is 51.4 Å². The molecular formula is C48H76CrN5O6+. The maximum Gasteiger partial charge on any atom is 0.350 e. The predicted octanol–water partition coefficient (Wildman–Crippen LogP) is 8.75. The smallest absolute Gasteiger partial charge is 0.350 e. The average molecular weight is 871 g/mol. The van der Waals surface area contributed by atoms with Crippen molar-refractivity contribution in [3.63, 3.8) is 0 Å². The first-order valence-electron chi connectivity index (χ1n) is 21.5. The van der Waals surface area contributed by atoms with Crippen molar-refractivity contribution in [2.45, 2.75) is 163 Å². The number of carboxylic acid groups (broad SMARTS) is 2. The quantitative estimate of drug-likeness (QED) is 0.0996. The predicted molar refractivity (Wildman–Crippen MR) is 242 cm³/mol. The number of benzene rings is 2. The molecule has 2 unspecified atom stereocenters. The molecule has 1 saturated carbocycles. The van der Waals surface area contributed by atoms with Gasteiger partial charge in [0.1, 0.15) is 17.9 Å². The third kappa shape index (κ3) is 14.4. The number of carbonyl (C=O) groups is 2. The van der Waals surface area contributed by atoms with Crippen LogP contribution in [0.4, 0.5) is 0 Å². The molecule has 2 aliphatic heterocycles. The van der Waals surface area contributed by atoms with Gasteiger partial charge in [-0.05, 0) is 77.7 Å². The van der Waals surface area contributed by atoms with Crippen LogP contribution in [0.15, 0.2) is 34.3 Å². The van der Waals surface area contributed by atoms with E-state index in [1.54, 1.807) is 0 Å². The number of phenolic OH excluding ortho intramolecular Hbond substituents is 2. The second-order valence-electron chi connectivity index (χ2n) is 19.4. The van der Waals surface area contributed by atoms with E-state index in [2.05, 4.69) is 108 Å². The van der Waals surface area contributed by atoms with Crippen molar-refractivity contribution in [2.24, 2.45) is 9.98 Å². The molecule has 60 heavy (non-hydrogen) atoms. The fourth-order valence-corrected chi connectivity index (χ4v) is 8.11. The number of aliphatic carboxylic acids is 2. The van der Waals surface area contributed by atoms with Gasteiger partial charge in [-0.2, -0.15) is 0 Å². The van der Waals surface area contributed by atoms with E-state index in [0.29, 0.717) is 11.5 Å². The first-order valence-corrected chi connectivity index (χ1v) is 21.5. The molecule has 2 aromatic rings. The molecule has 2 aromatic carbocycles. The van der Waals surface area contributed by atoms with E-state index >= 15 is 0 Å². The van der Waals surface area contributed by atoms with Crippen LogP contribution in [0.3, 0.4) is 0 Å². The third-order valence-corrected chi connectivity index (χ3v) is 11.5. The van der Waals surface area contributed by atoms with E-state index in [0.717, 1.165) is 100 Å². The van der Waals surface area contributed by atoms with Crippen LogP contribution in [-0.2, 0) is 49.6 Å². The summed E-state index contributed by atoms with van der Waals surface area (Å²) in [7, 11) is 0. The molecule has 12 heteroatoms. The zero-order valence-electron chi connectivity index (χ0n) is 37.5. The Morgan fingerprint density at radius 2 is 1.22 bits per heavy atom. The summed E-state index contributed by atoms with van der Waals surface area (Å²) in [5, 5.41) is 38.4. The Morgan fingerprint density at radius 3 is 1.67 bits per heavy atom. The number of aliphatic imine (C=N–C) groups is 2. The van der Waals surface area contributed by atoms with Gasteiger partial charge in [-0.1, -0.05) is 94.7 Å². The van der Waals surface area contributed by atoms with Crippen LogP contribution < -0.4 is 0 Å². The molecule has 1 aliphatic carbocycles. The molecule has 2 atom stereocenters. The molecule has 11 nitrogen and oxygen atoms in total. The average Bonchev–Trinajstić information content (AvgIpc) is 3.13. The summed E-state index contributed by atoms with van der Waals surface area (Å²) in [6.07, 6.45) is 11.4. The molecule has 334 valence electrons. The van der Waals surface area contributed by atoms with Gasteiger partial charge in [0.15, 0.2) is 0 Å². The van der Waals surface area contributed by atoms with Gasteiger partial charge in [-0.25, -0.2) is 0 Å². The van der Waals surface area contributed by atoms with Gasteiger partial charge in [0.25, 0.3) is 0 Å². The van der Waals surface area contributed by atoms with Crippen LogP contribution in [0, 0.1) is 0 Å². The van der Waals surface area contributed by atoms with E-state index in [9.17, 15) is 19.8 Å². The molecule has 0 amide bonds. The van der Waals surface area contributed by atoms with E-state index in [-0.39, 0.29) is 53.1 Å². The monoisotopic (exact) mass is 871 g/mol. The van der Waals surface area contributed by atoms with Crippen LogP contribution in [-0.4, -0.2) is 116 Å². The van der Waals surface area contributed by atoms with Gasteiger partial charge in [0, 0.05) is 59.3 Å². The zero-order chi connectivity index (χ0) is 43.0. The van der Waals surface area contributed by atoms with Crippen molar-refractivity contribution in [3.8, 4) is 11.5 Å². The number of carboxylic acids is 2. The summed E-state index contributed by atoms with van der Waals surface area (Å²) in [5.74, 6) is -0.516. The Morgan fingerprint density at radius 1 is 0.733 bits per heavy atom. The van der Waals surface area contributed by atoms with Crippen LogP contribution in [0.2, 0.25) is 0 Å². The third-order valence-electron chi connectivity index (χ3n) is 11.5. The molecule has 0 radical (unpaired) electrons. The number of aromatic hydroxyl groups is 2. The summed E-state index contributed by atoms with van der Waals surface area (Å²) in [5.41, 5.74) is 5.69. The molecule has 0 bridgehead atoms. The van der Waals surface area contributed by atoms with Crippen LogP contribution >= 0.6 is 0 Å². The first kappa shape index (κ1) is 52.3. The Kier molecular flexibility index (Phi) is 19.4. The molecule has 3 aliphatic rings. The molecule has 0 aromatic heterocycles. The van der Waals surface area contributed by atoms with Crippen molar-refractivity contribution in [1.29, 1.82) is 0 Å². The molecule has 4 N–H and O–H groups in total. The van der Waals surface area contributed by atoms with E-state index in [4.69, 9.17) is 20.2 Å². The maximum absolute atomic E-state index is 11.7. The normalized spacial score (nSPS) is 18.7. The first-order chi connectivity index (χ1) is 27.1.